The zero-order valence-electron chi connectivity index (χ0n) is 13.7. The zero-order chi connectivity index (χ0) is 17.1. The average Bonchev–Trinajstić information content (AvgIpc) is 2.59. The number of hydrazine groups is 1. The summed E-state index contributed by atoms with van der Waals surface area (Å²) in [6, 6.07) is 12.5. The number of ether oxygens (including phenoxy) is 1. The molecule has 2 atom stereocenters. The summed E-state index contributed by atoms with van der Waals surface area (Å²) < 4.78 is 32.4. The third-order valence-electron chi connectivity index (χ3n) is 4.74. The largest absolute Gasteiger partial charge is 0.496 e. The number of nitrogens with zero attached hydrogens (tertiary/aromatic N) is 1. The van der Waals surface area contributed by atoms with Gasteiger partial charge in [-0.1, -0.05) is 30.3 Å². The van der Waals surface area contributed by atoms with Crippen LogP contribution in [0.4, 0.5) is 8.78 Å². The van der Waals surface area contributed by atoms with Crippen molar-refractivity contribution in [2.24, 2.45) is 11.8 Å². The van der Waals surface area contributed by atoms with Crippen LogP contribution >= 0.6 is 0 Å². The second-order valence-corrected chi connectivity index (χ2v) is 6.28. The minimum Gasteiger partial charge on any atom is -0.496 e. The number of hydrogen-bond donors (Lipinski definition) is 1. The van der Waals surface area contributed by atoms with Gasteiger partial charge in [-0.3, -0.25) is 5.84 Å². The van der Waals surface area contributed by atoms with Crippen molar-refractivity contribution in [2.75, 3.05) is 13.7 Å². The van der Waals surface area contributed by atoms with Crippen molar-refractivity contribution in [1.29, 1.82) is 0 Å². The molecule has 128 valence electrons. The summed E-state index contributed by atoms with van der Waals surface area (Å²) in [5.74, 6) is 5.11. The molecule has 1 saturated heterocycles. The van der Waals surface area contributed by atoms with Crippen LogP contribution in [0.1, 0.15) is 30.0 Å². The Morgan fingerprint density at radius 1 is 1.17 bits per heavy atom. The number of hydrogen-bond acceptors (Lipinski definition) is 3. The molecule has 1 aliphatic heterocycles. The van der Waals surface area contributed by atoms with Crippen LogP contribution in [0, 0.1) is 17.6 Å². The summed E-state index contributed by atoms with van der Waals surface area (Å²) in [5, 5.41) is 1.86. The van der Waals surface area contributed by atoms with Gasteiger partial charge in [0.2, 0.25) is 0 Å². The van der Waals surface area contributed by atoms with Crippen LogP contribution in [0.3, 0.4) is 0 Å². The first-order valence-electron chi connectivity index (χ1n) is 8.18. The van der Waals surface area contributed by atoms with E-state index in [0.717, 1.165) is 31.0 Å². The Morgan fingerprint density at radius 3 is 2.58 bits per heavy atom. The number of rotatable bonds is 4. The Labute approximate surface area is 141 Å². The number of halogens is 2. The van der Waals surface area contributed by atoms with Gasteiger partial charge >= 0.3 is 0 Å². The molecule has 24 heavy (non-hydrogen) atoms. The smallest absolute Gasteiger partial charge is 0.162 e. The first-order chi connectivity index (χ1) is 11.6. The molecule has 2 aromatic rings. The van der Waals surface area contributed by atoms with E-state index in [-0.39, 0.29) is 12.0 Å². The Kier molecular flexibility index (Phi) is 5.11. The van der Waals surface area contributed by atoms with Gasteiger partial charge in [0.15, 0.2) is 11.6 Å². The average molecular weight is 332 g/mol. The van der Waals surface area contributed by atoms with Crippen LogP contribution in [0.2, 0.25) is 0 Å². The molecule has 0 saturated carbocycles. The Balaban J connectivity index is 1.91. The molecular weight excluding hydrogens is 310 g/mol. The number of benzene rings is 2. The highest BCUT2D eigenvalue weighted by atomic mass is 19.2. The first-order valence-corrected chi connectivity index (χ1v) is 8.18. The van der Waals surface area contributed by atoms with E-state index < -0.39 is 11.6 Å². The van der Waals surface area contributed by atoms with Crippen molar-refractivity contribution >= 4 is 0 Å². The van der Waals surface area contributed by atoms with Gasteiger partial charge in [-0.05, 0) is 42.4 Å². The quantitative estimate of drug-likeness (QED) is 0.865. The van der Waals surface area contributed by atoms with Crippen LogP contribution in [0.15, 0.2) is 42.5 Å². The van der Waals surface area contributed by atoms with Crippen LogP contribution in [-0.2, 0) is 6.42 Å². The molecule has 0 bridgehead atoms. The minimum absolute atomic E-state index is 0.0535. The molecule has 0 spiro atoms. The SMILES string of the molecule is COc1cc(F)c(F)cc1C[C@@H]1CCCN(N)[C@@H]1c1ccccc1. The molecule has 1 heterocycles. The van der Waals surface area contributed by atoms with Gasteiger partial charge in [0.05, 0.1) is 13.2 Å². The molecule has 2 N–H and O–H groups in total. The fourth-order valence-electron chi connectivity index (χ4n) is 3.63. The van der Waals surface area contributed by atoms with Crippen molar-refractivity contribution < 1.29 is 13.5 Å². The molecule has 0 unspecified atom stereocenters. The number of piperidine rings is 1. The fourth-order valence-corrected chi connectivity index (χ4v) is 3.63. The molecule has 3 rings (SSSR count). The van der Waals surface area contributed by atoms with E-state index in [1.807, 2.05) is 23.2 Å². The van der Waals surface area contributed by atoms with E-state index >= 15 is 0 Å². The fraction of sp³-hybridized carbons (Fsp3) is 0.368. The molecule has 0 aromatic heterocycles. The minimum atomic E-state index is -0.890. The van der Waals surface area contributed by atoms with E-state index in [2.05, 4.69) is 12.1 Å². The molecule has 0 aliphatic carbocycles. The van der Waals surface area contributed by atoms with Gasteiger partial charge in [0, 0.05) is 12.6 Å². The maximum atomic E-state index is 13.7. The lowest BCUT2D eigenvalue weighted by Gasteiger charge is -2.39. The summed E-state index contributed by atoms with van der Waals surface area (Å²) in [5.41, 5.74) is 1.82. The molecule has 0 amide bonds. The normalized spacial score (nSPS) is 21.7. The van der Waals surface area contributed by atoms with E-state index in [9.17, 15) is 8.78 Å². The molecule has 0 radical (unpaired) electrons. The zero-order valence-corrected chi connectivity index (χ0v) is 13.7. The summed E-state index contributed by atoms with van der Waals surface area (Å²) in [6.07, 6.45) is 2.56. The van der Waals surface area contributed by atoms with E-state index in [1.54, 1.807) is 0 Å². The topological polar surface area (TPSA) is 38.5 Å². The highest BCUT2D eigenvalue weighted by molar-refractivity contribution is 5.36. The summed E-state index contributed by atoms with van der Waals surface area (Å²) in [4.78, 5) is 0. The monoisotopic (exact) mass is 332 g/mol. The molecule has 1 aliphatic rings. The Hall–Kier alpha value is -1.98. The van der Waals surface area contributed by atoms with Gasteiger partial charge < -0.3 is 4.74 Å². The van der Waals surface area contributed by atoms with Gasteiger partial charge in [0.1, 0.15) is 5.75 Å². The lowest BCUT2D eigenvalue weighted by atomic mass is 9.81. The predicted octanol–water partition coefficient (Wildman–Crippen LogP) is 3.84. The van der Waals surface area contributed by atoms with Crippen LogP contribution in [-0.4, -0.2) is 18.7 Å². The molecule has 2 aromatic carbocycles. The van der Waals surface area contributed by atoms with Crippen LogP contribution in [0.25, 0.3) is 0 Å². The van der Waals surface area contributed by atoms with Crippen molar-refractivity contribution in [3.8, 4) is 5.75 Å². The Bertz CT molecular complexity index is 693. The number of nitrogens with two attached hydrogens (primary N) is 1. The molecule has 3 nitrogen and oxygen atoms in total. The van der Waals surface area contributed by atoms with Crippen molar-refractivity contribution in [3.05, 3.63) is 65.2 Å². The standard InChI is InChI=1S/C19H22F2N2O/c1-24-18-12-17(21)16(20)11-15(18)10-14-8-5-9-23(22)19(14)13-6-3-2-4-7-13/h2-4,6-7,11-12,14,19H,5,8-10,22H2,1H3/t14-,19+/m0/s1. The van der Waals surface area contributed by atoms with Gasteiger partial charge in [-0.25, -0.2) is 13.8 Å². The van der Waals surface area contributed by atoms with Crippen molar-refractivity contribution in [1.82, 2.24) is 5.01 Å². The van der Waals surface area contributed by atoms with E-state index in [0.29, 0.717) is 17.7 Å². The van der Waals surface area contributed by atoms with E-state index in [1.165, 1.54) is 13.2 Å². The third-order valence-corrected chi connectivity index (χ3v) is 4.74. The third kappa shape index (κ3) is 3.42. The Morgan fingerprint density at radius 2 is 1.88 bits per heavy atom. The van der Waals surface area contributed by atoms with Crippen LogP contribution in [0.5, 0.6) is 5.75 Å². The summed E-state index contributed by atoms with van der Waals surface area (Å²) >= 11 is 0. The van der Waals surface area contributed by atoms with Crippen LogP contribution < -0.4 is 10.6 Å². The van der Waals surface area contributed by atoms with Gasteiger partial charge in [-0.15, -0.1) is 0 Å². The highest BCUT2D eigenvalue weighted by Crippen LogP contribution is 2.38. The number of methoxy groups -OCH3 is 1. The lowest BCUT2D eigenvalue weighted by molar-refractivity contribution is 0.0922. The van der Waals surface area contributed by atoms with Gasteiger partial charge in [-0.2, -0.15) is 0 Å². The maximum Gasteiger partial charge on any atom is 0.162 e. The van der Waals surface area contributed by atoms with Crippen molar-refractivity contribution in [3.63, 3.8) is 0 Å². The van der Waals surface area contributed by atoms with E-state index in [4.69, 9.17) is 10.6 Å². The lowest BCUT2D eigenvalue weighted by Crippen LogP contribution is -2.44. The molecule has 1 fully saturated rings. The summed E-state index contributed by atoms with van der Waals surface area (Å²) in [6.45, 7) is 0.824. The second kappa shape index (κ2) is 7.28. The first kappa shape index (κ1) is 16.9. The predicted molar refractivity (Wildman–Crippen MR) is 89.4 cm³/mol. The summed E-state index contributed by atoms with van der Waals surface area (Å²) in [7, 11) is 1.47. The highest BCUT2D eigenvalue weighted by Gasteiger charge is 2.32. The second-order valence-electron chi connectivity index (χ2n) is 6.28. The van der Waals surface area contributed by atoms with Crippen molar-refractivity contribution in [2.45, 2.75) is 25.3 Å². The maximum absolute atomic E-state index is 13.7. The van der Waals surface area contributed by atoms with Gasteiger partial charge in [0.25, 0.3) is 0 Å². The molecular formula is C19H22F2N2O. The molecule has 5 heteroatoms.